The van der Waals surface area contributed by atoms with E-state index in [1.54, 1.807) is 25.1 Å². The maximum atomic E-state index is 12.7. The second-order valence-electron chi connectivity index (χ2n) is 6.45. The van der Waals surface area contributed by atoms with Gasteiger partial charge in [-0.05, 0) is 75.1 Å². The van der Waals surface area contributed by atoms with Gasteiger partial charge in [-0.25, -0.2) is 4.79 Å². The molecule has 27 heavy (non-hydrogen) atoms. The maximum Gasteiger partial charge on any atom is 0.338 e. The molecular weight excluding hydrogens is 342 g/mol. The van der Waals surface area contributed by atoms with E-state index in [-0.39, 0.29) is 11.9 Å². The Labute approximate surface area is 160 Å². The fraction of sp³-hybridized carbons (Fsp3) is 0.364. The third-order valence-electron chi connectivity index (χ3n) is 4.48. The Kier molecular flexibility index (Phi) is 6.99. The summed E-state index contributed by atoms with van der Waals surface area (Å²) in [5.74, 6) is 0.125. The molecule has 0 fully saturated rings. The van der Waals surface area contributed by atoms with Gasteiger partial charge in [0.15, 0.2) is 6.10 Å². The standard InChI is InChI=1S/C22H27NO4/c1-6-19(27-20-10-8-9-14(3)16(20)5)21(24)23-18-12-11-17(13-15(18)4)22(25)26-7-2/h8-13,19H,6-7H2,1-5H3,(H,23,24)/t19-/m0/s1. The van der Waals surface area contributed by atoms with Crippen LogP contribution in [-0.4, -0.2) is 24.6 Å². The molecular formula is C22H27NO4. The lowest BCUT2D eigenvalue weighted by molar-refractivity contribution is -0.122. The topological polar surface area (TPSA) is 64.6 Å². The predicted molar refractivity (Wildman–Crippen MR) is 106 cm³/mol. The molecule has 0 aliphatic carbocycles. The zero-order valence-corrected chi connectivity index (χ0v) is 16.6. The highest BCUT2D eigenvalue weighted by molar-refractivity contribution is 5.96. The molecule has 1 amide bonds. The molecule has 1 N–H and O–H groups in total. The number of hydrogen-bond acceptors (Lipinski definition) is 4. The van der Waals surface area contributed by atoms with Crippen LogP contribution in [0.2, 0.25) is 0 Å². The normalized spacial score (nSPS) is 11.6. The van der Waals surface area contributed by atoms with Crippen LogP contribution >= 0.6 is 0 Å². The number of ether oxygens (including phenoxy) is 2. The zero-order chi connectivity index (χ0) is 20.0. The number of amides is 1. The van der Waals surface area contributed by atoms with Crippen LogP contribution in [0.3, 0.4) is 0 Å². The highest BCUT2D eigenvalue weighted by Crippen LogP contribution is 2.23. The number of carbonyl (C=O) groups is 2. The first-order valence-electron chi connectivity index (χ1n) is 9.18. The smallest absolute Gasteiger partial charge is 0.338 e. The van der Waals surface area contributed by atoms with Gasteiger partial charge in [-0.3, -0.25) is 4.79 Å². The van der Waals surface area contributed by atoms with E-state index in [0.29, 0.717) is 30.0 Å². The number of aryl methyl sites for hydroxylation is 2. The minimum atomic E-state index is -0.602. The first-order valence-corrected chi connectivity index (χ1v) is 9.18. The molecule has 0 saturated carbocycles. The SMILES string of the molecule is CCOC(=O)c1ccc(NC(=O)[C@H](CC)Oc2cccc(C)c2C)c(C)c1. The Bertz CT molecular complexity index is 829. The number of anilines is 1. The average molecular weight is 369 g/mol. The van der Waals surface area contributed by atoms with Crippen molar-refractivity contribution in [1.29, 1.82) is 0 Å². The van der Waals surface area contributed by atoms with Crippen LogP contribution in [0, 0.1) is 20.8 Å². The first kappa shape index (κ1) is 20.5. The van der Waals surface area contributed by atoms with Crippen molar-refractivity contribution in [1.82, 2.24) is 0 Å². The molecule has 0 spiro atoms. The van der Waals surface area contributed by atoms with E-state index in [9.17, 15) is 9.59 Å². The summed E-state index contributed by atoms with van der Waals surface area (Å²) < 4.78 is 11.0. The fourth-order valence-corrected chi connectivity index (χ4v) is 2.69. The van der Waals surface area contributed by atoms with E-state index in [1.807, 2.05) is 45.9 Å². The first-order chi connectivity index (χ1) is 12.9. The fourth-order valence-electron chi connectivity index (χ4n) is 2.69. The van der Waals surface area contributed by atoms with Crippen LogP contribution in [0.5, 0.6) is 5.75 Å². The van der Waals surface area contributed by atoms with Crippen LogP contribution in [0.1, 0.15) is 47.3 Å². The lowest BCUT2D eigenvalue weighted by Crippen LogP contribution is -2.32. The second kappa shape index (κ2) is 9.21. The molecule has 5 heteroatoms. The summed E-state index contributed by atoms with van der Waals surface area (Å²) in [5.41, 5.74) is 4.05. The minimum Gasteiger partial charge on any atom is -0.480 e. The van der Waals surface area contributed by atoms with Gasteiger partial charge in [-0.1, -0.05) is 19.1 Å². The van der Waals surface area contributed by atoms with Gasteiger partial charge in [-0.15, -0.1) is 0 Å². The van der Waals surface area contributed by atoms with Crippen molar-refractivity contribution in [3.8, 4) is 5.75 Å². The quantitative estimate of drug-likeness (QED) is 0.725. The maximum absolute atomic E-state index is 12.7. The Morgan fingerprint density at radius 3 is 2.41 bits per heavy atom. The molecule has 5 nitrogen and oxygen atoms in total. The molecule has 144 valence electrons. The van der Waals surface area contributed by atoms with Gasteiger partial charge in [0.1, 0.15) is 5.75 Å². The Balaban J connectivity index is 2.12. The number of esters is 1. The average Bonchev–Trinajstić information content (AvgIpc) is 2.64. The second-order valence-corrected chi connectivity index (χ2v) is 6.45. The van der Waals surface area contributed by atoms with E-state index >= 15 is 0 Å². The summed E-state index contributed by atoms with van der Waals surface area (Å²) >= 11 is 0. The molecule has 0 radical (unpaired) electrons. The largest absolute Gasteiger partial charge is 0.480 e. The highest BCUT2D eigenvalue weighted by Gasteiger charge is 2.20. The van der Waals surface area contributed by atoms with Crippen molar-refractivity contribution < 1.29 is 19.1 Å². The molecule has 2 aromatic carbocycles. The van der Waals surface area contributed by atoms with Crippen LogP contribution in [0.25, 0.3) is 0 Å². The third-order valence-corrected chi connectivity index (χ3v) is 4.48. The van der Waals surface area contributed by atoms with Gasteiger partial charge in [-0.2, -0.15) is 0 Å². The molecule has 1 atom stereocenters. The highest BCUT2D eigenvalue weighted by atomic mass is 16.5. The van der Waals surface area contributed by atoms with Crippen molar-refractivity contribution in [2.45, 2.75) is 47.1 Å². The van der Waals surface area contributed by atoms with Gasteiger partial charge < -0.3 is 14.8 Å². The Morgan fingerprint density at radius 2 is 1.78 bits per heavy atom. The number of carbonyl (C=O) groups excluding carboxylic acids is 2. The molecule has 0 aliphatic heterocycles. The van der Waals surface area contributed by atoms with Crippen LogP contribution in [-0.2, 0) is 9.53 Å². The zero-order valence-electron chi connectivity index (χ0n) is 16.6. The number of nitrogens with one attached hydrogen (secondary N) is 1. The molecule has 2 rings (SSSR count). The van der Waals surface area contributed by atoms with E-state index < -0.39 is 6.10 Å². The van der Waals surface area contributed by atoms with E-state index in [0.717, 1.165) is 16.7 Å². The number of benzene rings is 2. The van der Waals surface area contributed by atoms with Gasteiger partial charge >= 0.3 is 5.97 Å². The van der Waals surface area contributed by atoms with Crippen LogP contribution < -0.4 is 10.1 Å². The van der Waals surface area contributed by atoms with Gasteiger partial charge in [0, 0.05) is 5.69 Å². The van der Waals surface area contributed by atoms with E-state index in [4.69, 9.17) is 9.47 Å². The summed E-state index contributed by atoms with van der Waals surface area (Å²) in [6.07, 6.45) is -0.0613. The summed E-state index contributed by atoms with van der Waals surface area (Å²) in [7, 11) is 0. The van der Waals surface area contributed by atoms with Gasteiger partial charge in [0.2, 0.25) is 0 Å². The summed E-state index contributed by atoms with van der Waals surface area (Å²) in [4.78, 5) is 24.5. The predicted octanol–water partition coefficient (Wildman–Crippen LogP) is 4.58. The molecule has 0 heterocycles. The number of rotatable bonds is 7. The molecule has 0 unspecified atom stereocenters. The minimum absolute atomic E-state index is 0.217. The van der Waals surface area contributed by atoms with E-state index in [1.165, 1.54) is 0 Å². The Morgan fingerprint density at radius 1 is 1.04 bits per heavy atom. The summed E-state index contributed by atoms with van der Waals surface area (Å²) in [6.45, 7) is 9.83. The van der Waals surface area contributed by atoms with Crippen LogP contribution in [0.15, 0.2) is 36.4 Å². The van der Waals surface area contributed by atoms with Crippen LogP contribution in [0.4, 0.5) is 5.69 Å². The third kappa shape index (κ3) is 5.09. The van der Waals surface area contributed by atoms with Crippen molar-refractivity contribution in [3.63, 3.8) is 0 Å². The molecule has 0 bridgehead atoms. The summed E-state index contributed by atoms with van der Waals surface area (Å²) in [5, 5.41) is 2.90. The van der Waals surface area contributed by atoms with Crippen molar-refractivity contribution in [2.75, 3.05) is 11.9 Å². The van der Waals surface area contributed by atoms with E-state index in [2.05, 4.69) is 5.32 Å². The molecule has 0 aromatic heterocycles. The van der Waals surface area contributed by atoms with Gasteiger partial charge in [0.05, 0.1) is 12.2 Å². The lowest BCUT2D eigenvalue weighted by atomic mass is 10.1. The lowest BCUT2D eigenvalue weighted by Gasteiger charge is -2.20. The Hall–Kier alpha value is -2.82. The number of hydrogen-bond donors (Lipinski definition) is 1. The molecule has 0 aliphatic rings. The monoisotopic (exact) mass is 369 g/mol. The van der Waals surface area contributed by atoms with Crippen molar-refractivity contribution >= 4 is 17.6 Å². The van der Waals surface area contributed by atoms with Crippen molar-refractivity contribution in [2.24, 2.45) is 0 Å². The summed E-state index contributed by atoms with van der Waals surface area (Å²) in [6, 6.07) is 10.9. The molecule has 0 saturated heterocycles. The molecule has 2 aromatic rings. The van der Waals surface area contributed by atoms with Gasteiger partial charge in [0.25, 0.3) is 5.91 Å². The van der Waals surface area contributed by atoms with Crippen molar-refractivity contribution in [3.05, 3.63) is 58.7 Å².